The number of hydrogen-bond donors (Lipinski definition) is 0. The Hall–Kier alpha value is -3.24. The van der Waals surface area contributed by atoms with Gasteiger partial charge in [0.1, 0.15) is 0 Å². The molecular formula is C25H22ClN3O. The highest BCUT2D eigenvalue weighted by Crippen LogP contribution is 2.42. The minimum atomic E-state index is -0.813. The molecule has 0 saturated carbocycles. The van der Waals surface area contributed by atoms with Gasteiger partial charge in [-0.1, -0.05) is 77.4 Å². The summed E-state index contributed by atoms with van der Waals surface area (Å²) in [5, 5.41) is 5.26. The minimum Gasteiger partial charge on any atom is -0.372 e. The molecule has 150 valence electrons. The van der Waals surface area contributed by atoms with Gasteiger partial charge in [0, 0.05) is 48.1 Å². The summed E-state index contributed by atoms with van der Waals surface area (Å²) in [5.41, 5.74) is 3.49. The SMILES string of the molecule is CN1CCN2C(c3ccc(Cl)cc3)=NOC2(c2ccccc2)C=C1c1ccccc1. The van der Waals surface area contributed by atoms with E-state index in [1.54, 1.807) is 0 Å². The van der Waals surface area contributed by atoms with Crippen LogP contribution in [0.4, 0.5) is 0 Å². The van der Waals surface area contributed by atoms with Crippen LogP contribution in [-0.4, -0.2) is 35.8 Å². The molecule has 5 rings (SSSR count). The Labute approximate surface area is 181 Å². The number of rotatable bonds is 3. The molecule has 2 aliphatic rings. The Balaban J connectivity index is 1.67. The van der Waals surface area contributed by atoms with E-state index in [1.807, 2.05) is 48.5 Å². The molecule has 30 heavy (non-hydrogen) atoms. The van der Waals surface area contributed by atoms with Gasteiger partial charge in [-0.05, 0) is 29.8 Å². The van der Waals surface area contributed by atoms with Gasteiger partial charge in [-0.2, -0.15) is 0 Å². The minimum absolute atomic E-state index is 0.703. The fourth-order valence-corrected chi connectivity index (χ4v) is 4.23. The number of hydrogen-bond acceptors (Lipinski definition) is 4. The Morgan fingerprint density at radius 3 is 2.20 bits per heavy atom. The smallest absolute Gasteiger partial charge is 0.258 e. The zero-order valence-corrected chi connectivity index (χ0v) is 17.5. The zero-order chi connectivity index (χ0) is 20.6. The van der Waals surface area contributed by atoms with Crippen LogP contribution in [0.2, 0.25) is 5.02 Å². The molecule has 1 unspecified atom stereocenters. The summed E-state index contributed by atoms with van der Waals surface area (Å²) in [4.78, 5) is 10.8. The molecule has 3 aromatic carbocycles. The number of oxime groups is 1. The van der Waals surface area contributed by atoms with Crippen molar-refractivity contribution in [2.45, 2.75) is 5.72 Å². The second-order valence-electron chi connectivity index (χ2n) is 7.54. The molecule has 0 saturated heterocycles. The summed E-state index contributed by atoms with van der Waals surface area (Å²) >= 11 is 6.11. The van der Waals surface area contributed by atoms with Crippen molar-refractivity contribution in [1.82, 2.24) is 9.80 Å². The van der Waals surface area contributed by atoms with Gasteiger partial charge < -0.3 is 14.6 Å². The first-order valence-corrected chi connectivity index (χ1v) is 10.4. The third-order valence-corrected chi connectivity index (χ3v) is 5.94. The van der Waals surface area contributed by atoms with Crippen LogP contribution in [0.5, 0.6) is 0 Å². The van der Waals surface area contributed by atoms with Crippen LogP contribution in [-0.2, 0) is 10.6 Å². The van der Waals surface area contributed by atoms with E-state index in [0.717, 1.165) is 41.3 Å². The maximum Gasteiger partial charge on any atom is 0.258 e. The number of likely N-dealkylation sites (N-methyl/N-ethyl adjacent to an activating group) is 1. The monoisotopic (exact) mass is 415 g/mol. The van der Waals surface area contributed by atoms with Crippen LogP contribution in [0.15, 0.2) is 96.2 Å². The highest BCUT2D eigenvalue weighted by Gasteiger charge is 2.48. The van der Waals surface area contributed by atoms with Crippen LogP contribution in [0.3, 0.4) is 0 Å². The highest BCUT2D eigenvalue weighted by molar-refractivity contribution is 6.30. The first-order chi connectivity index (χ1) is 14.7. The second-order valence-corrected chi connectivity index (χ2v) is 7.98. The quantitative estimate of drug-likeness (QED) is 0.590. The first-order valence-electron chi connectivity index (χ1n) is 10.0. The van der Waals surface area contributed by atoms with Crippen molar-refractivity contribution in [2.75, 3.05) is 20.1 Å². The molecule has 0 radical (unpaired) electrons. The van der Waals surface area contributed by atoms with E-state index in [1.165, 1.54) is 0 Å². The predicted octanol–water partition coefficient (Wildman–Crippen LogP) is 5.17. The van der Waals surface area contributed by atoms with Gasteiger partial charge in [0.2, 0.25) is 0 Å². The highest BCUT2D eigenvalue weighted by atomic mass is 35.5. The van der Waals surface area contributed by atoms with Crippen LogP contribution in [0, 0.1) is 0 Å². The topological polar surface area (TPSA) is 28.1 Å². The van der Waals surface area contributed by atoms with Gasteiger partial charge in [0.15, 0.2) is 5.84 Å². The number of benzene rings is 3. The number of fused-ring (bicyclic) bond motifs is 1. The van der Waals surface area contributed by atoms with E-state index in [-0.39, 0.29) is 0 Å². The molecule has 0 aromatic heterocycles. The summed E-state index contributed by atoms with van der Waals surface area (Å²) in [6, 6.07) is 28.5. The number of amidine groups is 1. The summed E-state index contributed by atoms with van der Waals surface area (Å²) in [7, 11) is 2.12. The van der Waals surface area contributed by atoms with Gasteiger partial charge in [-0.3, -0.25) is 0 Å². The zero-order valence-electron chi connectivity index (χ0n) is 16.7. The fraction of sp³-hybridized carbons (Fsp3) is 0.160. The van der Waals surface area contributed by atoms with Crippen molar-refractivity contribution in [3.05, 3.63) is 113 Å². The largest absolute Gasteiger partial charge is 0.372 e. The van der Waals surface area contributed by atoms with E-state index >= 15 is 0 Å². The lowest BCUT2D eigenvalue weighted by atomic mass is 9.97. The molecule has 0 N–H and O–H groups in total. The van der Waals surface area contributed by atoms with Crippen molar-refractivity contribution < 1.29 is 4.84 Å². The van der Waals surface area contributed by atoms with E-state index in [4.69, 9.17) is 16.4 Å². The molecule has 0 amide bonds. The molecule has 0 bridgehead atoms. The first kappa shape index (κ1) is 18.8. The molecule has 0 spiro atoms. The average molecular weight is 416 g/mol. The third kappa shape index (κ3) is 3.14. The fourth-order valence-electron chi connectivity index (χ4n) is 4.10. The maximum absolute atomic E-state index is 6.29. The summed E-state index contributed by atoms with van der Waals surface area (Å²) in [6.45, 7) is 1.60. The van der Waals surface area contributed by atoms with Gasteiger partial charge in [0.25, 0.3) is 5.72 Å². The van der Waals surface area contributed by atoms with Gasteiger partial charge in [0.05, 0.1) is 0 Å². The Bertz CT molecular complexity index is 1100. The lowest BCUT2D eigenvalue weighted by Crippen LogP contribution is -2.46. The molecule has 3 aromatic rings. The van der Waals surface area contributed by atoms with Crippen molar-refractivity contribution in [3.8, 4) is 0 Å². The standard InChI is InChI=1S/C25H22ClN3O/c1-28-16-17-29-24(20-12-14-22(26)15-13-20)27-30-25(29,21-10-6-3-7-11-21)18-23(28)19-8-4-2-5-9-19/h2-15,18H,16-17H2,1H3. The van der Waals surface area contributed by atoms with Crippen LogP contribution < -0.4 is 0 Å². The molecule has 2 heterocycles. The molecule has 1 atom stereocenters. The van der Waals surface area contributed by atoms with Crippen LogP contribution >= 0.6 is 11.6 Å². The van der Waals surface area contributed by atoms with Crippen molar-refractivity contribution in [3.63, 3.8) is 0 Å². The molecule has 5 heteroatoms. The van der Waals surface area contributed by atoms with E-state index in [2.05, 4.69) is 64.5 Å². The van der Waals surface area contributed by atoms with E-state index in [9.17, 15) is 0 Å². The van der Waals surface area contributed by atoms with Crippen LogP contribution in [0.1, 0.15) is 16.7 Å². The van der Waals surface area contributed by atoms with Gasteiger partial charge >= 0.3 is 0 Å². The Kier molecular flexibility index (Phi) is 4.72. The van der Waals surface area contributed by atoms with Gasteiger partial charge in [-0.25, -0.2) is 0 Å². The number of halogens is 1. The third-order valence-electron chi connectivity index (χ3n) is 5.69. The van der Waals surface area contributed by atoms with Crippen molar-refractivity contribution >= 4 is 23.1 Å². The van der Waals surface area contributed by atoms with Crippen LogP contribution in [0.25, 0.3) is 5.70 Å². The molecular weight excluding hydrogens is 394 g/mol. The van der Waals surface area contributed by atoms with Crippen molar-refractivity contribution in [2.24, 2.45) is 5.16 Å². The summed E-state index contributed by atoms with van der Waals surface area (Å²) in [5.74, 6) is 0.814. The molecule has 0 aliphatic carbocycles. The lowest BCUT2D eigenvalue weighted by Gasteiger charge is -2.34. The van der Waals surface area contributed by atoms with E-state index < -0.39 is 5.72 Å². The molecule has 4 nitrogen and oxygen atoms in total. The molecule has 2 aliphatic heterocycles. The Morgan fingerprint density at radius 1 is 0.833 bits per heavy atom. The second kappa shape index (κ2) is 7.54. The summed E-state index contributed by atoms with van der Waals surface area (Å²) < 4.78 is 0. The molecule has 0 fully saturated rings. The maximum atomic E-state index is 6.29. The predicted molar refractivity (Wildman–Crippen MR) is 121 cm³/mol. The number of nitrogens with zero attached hydrogens (tertiary/aromatic N) is 3. The average Bonchev–Trinajstić information content (AvgIpc) is 3.09. The van der Waals surface area contributed by atoms with Gasteiger partial charge in [-0.15, -0.1) is 0 Å². The van der Waals surface area contributed by atoms with Crippen molar-refractivity contribution in [1.29, 1.82) is 0 Å². The van der Waals surface area contributed by atoms with E-state index in [0.29, 0.717) is 5.02 Å². The Morgan fingerprint density at radius 2 is 1.50 bits per heavy atom. The summed E-state index contributed by atoms with van der Waals surface area (Å²) in [6.07, 6.45) is 2.19. The normalized spacial score (nSPS) is 20.7. The lowest BCUT2D eigenvalue weighted by molar-refractivity contribution is -0.0622.